The van der Waals surface area contributed by atoms with Crippen molar-refractivity contribution in [3.8, 4) is 0 Å². The van der Waals surface area contributed by atoms with E-state index in [4.69, 9.17) is 5.53 Å². The van der Waals surface area contributed by atoms with Crippen molar-refractivity contribution in [2.24, 2.45) is 5.11 Å². The summed E-state index contributed by atoms with van der Waals surface area (Å²) in [5, 5.41) is 4.79. The first-order valence-electron chi connectivity index (χ1n) is 4.02. The van der Waals surface area contributed by atoms with Gasteiger partial charge in [0.05, 0.1) is 13.8 Å². The monoisotopic (exact) mass is 178 g/mol. The van der Waals surface area contributed by atoms with E-state index in [1.54, 1.807) is 0 Å². The number of para-hydroxylation sites is 1. The number of benzene rings is 1. The quantitative estimate of drug-likeness (QED) is 0.534. The van der Waals surface area contributed by atoms with Crippen LogP contribution in [0.2, 0.25) is 19.6 Å². The molecule has 64 valence electrons. The van der Waals surface area contributed by atoms with Gasteiger partial charge >= 0.3 is 0 Å². The van der Waals surface area contributed by atoms with Gasteiger partial charge in [0.2, 0.25) is 0 Å². The summed E-state index contributed by atoms with van der Waals surface area (Å²) in [6.45, 7) is 6.78. The summed E-state index contributed by atoms with van der Waals surface area (Å²) >= 11 is 0. The normalized spacial score (nSPS) is 11.2. The fourth-order valence-corrected chi connectivity index (χ4v) is 2.71. The Morgan fingerprint density at radius 3 is 2.17 bits per heavy atom. The van der Waals surface area contributed by atoms with Crippen LogP contribution in [0, 0.1) is 5.53 Å². The second-order valence-electron chi connectivity index (χ2n) is 3.88. The second kappa shape index (κ2) is 3.19. The fourth-order valence-electron chi connectivity index (χ4n) is 1.21. The van der Waals surface area contributed by atoms with E-state index >= 15 is 0 Å². The van der Waals surface area contributed by atoms with Crippen molar-refractivity contribution < 1.29 is 0 Å². The molecule has 0 bridgehead atoms. The Kier molecular flexibility index (Phi) is 2.42. The van der Waals surface area contributed by atoms with Crippen LogP contribution in [0.1, 0.15) is 0 Å². The molecule has 1 aromatic carbocycles. The molecule has 0 amide bonds. The largest absolute Gasteiger partial charge is 0.204 e. The van der Waals surface area contributed by atoms with Crippen LogP contribution in [0.5, 0.6) is 0 Å². The lowest BCUT2D eigenvalue weighted by molar-refractivity contribution is 1.15. The maximum absolute atomic E-state index is 7.01. The van der Waals surface area contributed by atoms with E-state index in [0.717, 1.165) is 5.69 Å². The van der Waals surface area contributed by atoms with Gasteiger partial charge in [-0.2, -0.15) is 5.11 Å². The molecular formula is C9H14N2Si. The third-order valence-corrected chi connectivity index (χ3v) is 3.87. The van der Waals surface area contributed by atoms with Crippen LogP contribution in [0.25, 0.3) is 0 Å². The molecule has 0 aliphatic heterocycles. The third kappa shape index (κ3) is 1.79. The summed E-state index contributed by atoms with van der Waals surface area (Å²) in [7, 11) is -1.31. The number of hydrogen-bond acceptors (Lipinski definition) is 2. The van der Waals surface area contributed by atoms with Crippen molar-refractivity contribution in [3.05, 3.63) is 24.3 Å². The molecule has 1 rings (SSSR count). The molecule has 0 heterocycles. The van der Waals surface area contributed by atoms with E-state index in [2.05, 4.69) is 30.8 Å². The highest BCUT2D eigenvalue weighted by atomic mass is 28.3. The van der Waals surface area contributed by atoms with Crippen molar-refractivity contribution in [1.82, 2.24) is 0 Å². The summed E-state index contributed by atoms with van der Waals surface area (Å²) < 4.78 is 0. The molecule has 0 unspecified atom stereocenters. The molecular weight excluding hydrogens is 164 g/mol. The smallest absolute Gasteiger partial charge is 0.0842 e. The Balaban J connectivity index is 3.23. The third-order valence-electron chi connectivity index (χ3n) is 1.83. The van der Waals surface area contributed by atoms with E-state index in [1.807, 2.05) is 18.2 Å². The van der Waals surface area contributed by atoms with Crippen LogP contribution in [0.4, 0.5) is 5.69 Å². The van der Waals surface area contributed by atoms with Crippen LogP contribution < -0.4 is 5.19 Å². The molecule has 1 aromatic rings. The second-order valence-corrected chi connectivity index (χ2v) is 8.92. The Morgan fingerprint density at radius 1 is 1.17 bits per heavy atom. The summed E-state index contributed by atoms with van der Waals surface area (Å²) in [5.41, 5.74) is 7.84. The van der Waals surface area contributed by atoms with Gasteiger partial charge < -0.3 is 0 Å². The molecule has 0 spiro atoms. The minimum absolute atomic E-state index is 0.830. The molecule has 0 saturated carbocycles. The van der Waals surface area contributed by atoms with Crippen LogP contribution in [-0.4, -0.2) is 8.07 Å². The Bertz CT molecular complexity index is 289. The van der Waals surface area contributed by atoms with Crippen LogP contribution in [0.15, 0.2) is 29.4 Å². The van der Waals surface area contributed by atoms with Crippen LogP contribution >= 0.6 is 0 Å². The van der Waals surface area contributed by atoms with Crippen molar-refractivity contribution in [2.45, 2.75) is 19.6 Å². The Labute approximate surface area is 74.1 Å². The van der Waals surface area contributed by atoms with E-state index in [-0.39, 0.29) is 0 Å². The zero-order valence-corrected chi connectivity index (χ0v) is 8.76. The van der Waals surface area contributed by atoms with Gasteiger partial charge in [-0.05, 0) is 11.3 Å². The highest BCUT2D eigenvalue weighted by Crippen LogP contribution is 2.13. The van der Waals surface area contributed by atoms with Gasteiger partial charge in [-0.1, -0.05) is 37.8 Å². The van der Waals surface area contributed by atoms with Crippen molar-refractivity contribution >= 4 is 18.9 Å². The molecule has 3 heteroatoms. The number of hydrogen-bond donors (Lipinski definition) is 1. The lowest BCUT2D eigenvalue weighted by Gasteiger charge is -2.17. The molecule has 0 radical (unpaired) electrons. The minimum atomic E-state index is -1.31. The number of rotatable bonds is 2. The van der Waals surface area contributed by atoms with Gasteiger partial charge in [0, 0.05) is 0 Å². The average molecular weight is 178 g/mol. The topological polar surface area (TPSA) is 36.2 Å². The highest BCUT2D eigenvalue weighted by Gasteiger charge is 2.19. The van der Waals surface area contributed by atoms with Crippen LogP contribution in [0.3, 0.4) is 0 Å². The zero-order chi connectivity index (χ0) is 9.19. The van der Waals surface area contributed by atoms with Gasteiger partial charge in [-0.3, -0.25) is 0 Å². The van der Waals surface area contributed by atoms with Crippen LogP contribution in [-0.2, 0) is 0 Å². The lowest BCUT2D eigenvalue weighted by atomic mass is 10.3. The molecule has 0 saturated heterocycles. The number of nitrogens with zero attached hydrogens (tertiary/aromatic N) is 1. The van der Waals surface area contributed by atoms with E-state index in [0.29, 0.717) is 0 Å². The average Bonchev–Trinajstić information content (AvgIpc) is 2.03. The Hall–Kier alpha value is -0.963. The zero-order valence-electron chi connectivity index (χ0n) is 7.76. The van der Waals surface area contributed by atoms with Crippen molar-refractivity contribution in [3.63, 3.8) is 0 Å². The van der Waals surface area contributed by atoms with Crippen molar-refractivity contribution in [1.29, 1.82) is 5.53 Å². The molecule has 2 nitrogen and oxygen atoms in total. The van der Waals surface area contributed by atoms with E-state index < -0.39 is 8.07 Å². The van der Waals surface area contributed by atoms with Gasteiger partial charge in [0.1, 0.15) is 0 Å². The molecule has 1 N–H and O–H groups in total. The lowest BCUT2D eigenvalue weighted by Crippen LogP contribution is -2.37. The summed E-state index contributed by atoms with van der Waals surface area (Å²) in [4.78, 5) is 0. The molecule has 0 atom stereocenters. The molecule has 0 fully saturated rings. The summed E-state index contributed by atoms with van der Waals surface area (Å²) in [6, 6.07) is 7.93. The molecule has 0 aliphatic carbocycles. The minimum Gasteiger partial charge on any atom is -0.204 e. The van der Waals surface area contributed by atoms with Gasteiger partial charge in [-0.15, -0.1) is 0 Å². The first kappa shape index (κ1) is 9.13. The standard InChI is InChI=1S/C9H14N2Si/c1-12(2,3)9-7-5-4-6-8(9)11-10/h4-7,10H,1-3H3. The first-order valence-corrected chi connectivity index (χ1v) is 7.52. The maximum atomic E-state index is 7.01. The predicted octanol–water partition coefficient (Wildman–Crippen LogP) is 2.89. The maximum Gasteiger partial charge on any atom is 0.0842 e. The fraction of sp³-hybridized carbons (Fsp3) is 0.333. The van der Waals surface area contributed by atoms with Gasteiger partial charge in [0.15, 0.2) is 0 Å². The Morgan fingerprint density at radius 2 is 1.75 bits per heavy atom. The first-order chi connectivity index (χ1) is 5.55. The summed E-state index contributed by atoms with van der Waals surface area (Å²) in [5.74, 6) is 0. The van der Waals surface area contributed by atoms with Gasteiger partial charge in [-0.25, -0.2) is 5.53 Å². The predicted molar refractivity (Wildman–Crippen MR) is 54.2 cm³/mol. The van der Waals surface area contributed by atoms with Crippen molar-refractivity contribution in [2.75, 3.05) is 0 Å². The SMILES string of the molecule is C[Si](C)(C)c1ccccc1N=N. The number of nitrogens with one attached hydrogen (secondary N) is 1. The molecule has 12 heavy (non-hydrogen) atoms. The highest BCUT2D eigenvalue weighted by molar-refractivity contribution is 6.89. The summed E-state index contributed by atoms with van der Waals surface area (Å²) in [6.07, 6.45) is 0. The van der Waals surface area contributed by atoms with E-state index in [1.165, 1.54) is 5.19 Å². The molecule has 0 aromatic heterocycles. The molecule has 0 aliphatic rings. The van der Waals surface area contributed by atoms with E-state index in [9.17, 15) is 0 Å². The van der Waals surface area contributed by atoms with Gasteiger partial charge in [0.25, 0.3) is 0 Å².